The number of hydrogen-bond donors (Lipinski definition) is 4. The van der Waals surface area contributed by atoms with E-state index in [4.69, 9.17) is 4.74 Å². The first-order valence-corrected chi connectivity index (χ1v) is 13.5. The summed E-state index contributed by atoms with van der Waals surface area (Å²) in [6.45, 7) is 21.0. The number of nitrogens with zero attached hydrogens (tertiary/aromatic N) is 1. The summed E-state index contributed by atoms with van der Waals surface area (Å²) in [5.74, 6) is -1.29. The van der Waals surface area contributed by atoms with E-state index in [-0.39, 0.29) is 29.7 Å². The average Bonchev–Trinajstić information content (AvgIpc) is 3.11. The Bertz CT molecular complexity index is 919. The second kappa shape index (κ2) is 11.6. The number of piperidine rings is 1. The van der Waals surface area contributed by atoms with Gasteiger partial charge in [0.25, 0.3) is 5.91 Å². The number of alkyl carbamates (subject to hydrolysis) is 1. The molecule has 1 saturated heterocycles. The minimum atomic E-state index is -1.44. The topological polar surface area (TPSA) is 137 Å². The molecule has 1 heterocycles. The van der Waals surface area contributed by atoms with E-state index in [1.54, 1.807) is 25.7 Å². The third kappa shape index (κ3) is 7.27. The monoisotopic (exact) mass is 536 g/mol. The SMILES string of the molecule is C=CCNC(=O)C(O)C(CCC)NC(=O)[C@@H]1[C@@H]2[C@H](CN1C(=O)[C@@H](NC(=O)OC(C)(C)C)C(C)(C)C)C2(C)C. The Balaban J connectivity index is 2.29. The summed E-state index contributed by atoms with van der Waals surface area (Å²) in [5, 5.41) is 18.8. The molecule has 2 fully saturated rings. The van der Waals surface area contributed by atoms with Crippen LogP contribution in [0.5, 0.6) is 0 Å². The van der Waals surface area contributed by atoms with E-state index >= 15 is 0 Å². The van der Waals surface area contributed by atoms with Gasteiger partial charge in [0.15, 0.2) is 6.10 Å². The van der Waals surface area contributed by atoms with Gasteiger partial charge in [0.1, 0.15) is 17.7 Å². The molecule has 2 rings (SSSR count). The average molecular weight is 537 g/mol. The zero-order valence-corrected chi connectivity index (χ0v) is 24.5. The zero-order chi connectivity index (χ0) is 29.2. The van der Waals surface area contributed by atoms with Gasteiger partial charge in [0, 0.05) is 13.1 Å². The molecule has 0 bridgehead atoms. The molecular formula is C28H48N4O6. The molecule has 6 atom stereocenters. The Morgan fingerprint density at radius 1 is 1.13 bits per heavy atom. The molecule has 1 aliphatic heterocycles. The number of rotatable bonds is 10. The van der Waals surface area contributed by atoms with Crippen LogP contribution in [0.2, 0.25) is 0 Å². The predicted octanol–water partition coefficient (Wildman–Crippen LogP) is 2.36. The van der Waals surface area contributed by atoms with Gasteiger partial charge < -0.3 is 30.7 Å². The second-order valence-corrected chi connectivity index (χ2v) is 13.2. The molecule has 1 saturated carbocycles. The van der Waals surface area contributed by atoms with Crippen molar-refractivity contribution >= 4 is 23.8 Å². The van der Waals surface area contributed by atoms with Gasteiger partial charge >= 0.3 is 6.09 Å². The van der Waals surface area contributed by atoms with E-state index < -0.39 is 53.2 Å². The molecule has 10 heteroatoms. The first-order valence-electron chi connectivity index (χ1n) is 13.5. The van der Waals surface area contributed by atoms with Gasteiger partial charge in [0.05, 0.1) is 6.04 Å². The first-order chi connectivity index (χ1) is 17.4. The number of hydrogen-bond acceptors (Lipinski definition) is 6. The Labute approximate surface area is 227 Å². The van der Waals surface area contributed by atoms with Crippen LogP contribution in [0.1, 0.15) is 75.2 Å². The van der Waals surface area contributed by atoms with Crippen LogP contribution in [0.15, 0.2) is 12.7 Å². The highest BCUT2D eigenvalue weighted by Gasteiger charge is 2.69. The number of ether oxygens (including phenoxy) is 1. The maximum Gasteiger partial charge on any atom is 0.408 e. The second-order valence-electron chi connectivity index (χ2n) is 13.2. The number of likely N-dealkylation sites (tertiary alicyclic amines) is 1. The lowest BCUT2D eigenvalue weighted by atomic mass is 9.85. The lowest BCUT2D eigenvalue weighted by Gasteiger charge is -2.38. The van der Waals surface area contributed by atoms with Crippen molar-refractivity contribution < 1.29 is 29.0 Å². The van der Waals surface area contributed by atoms with Crippen molar-refractivity contribution in [1.29, 1.82) is 0 Å². The summed E-state index contributed by atoms with van der Waals surface area (Å²) in [4.78, 5) is 54.2. The molecule has 0 aromatic rings. The van der Waals surface area contributed by atoms with Gasteiger partial charge in [-0.05, 0) is 49.9 Å². The van der Waals surface area contributed by atoms with Crippen molar-refractivity contribution in [1.82, 2.24) is 20.9 Å². The van der Waals surface area contributed by atoms with Crippen LogP contribution >= 0.6 is 0 Å². The number of fused-ring (bicyclic) bond motifs is 1. The van der Waals surface area contributed by atoms with E-state index in [1.807, 2.05) is 27.7 Å². The Kier molecular flexibility index (Phi) is 9.67. The third-order valence-electron chi connectivity index (χ3n) is 7.53. The standard InChI is InChI=1S/C28H48N4O6/c1-11-13-17(20(33)23(35)29-14-12-2)30-22(34)19-18-16(28(18,9)10)15-32(19)24(36)21(26(3,4)5)31-25(37)38-27(6,7)8/h12,16-21,33H,2,11,13-15H2,1,3-10H3,(H,29,35)(H,30,34)(H,31,37)/t16-,17?,18-,19-,20?,21+/m0/s1. The molecule has 1 aliphatic carbocycles. The van der Waals surface area contributed by atoms with Gasteiger partial charge in [-0.3, -0.25) is 14.4 Å². The maximum absolute atomic E-state index is 13.9. The zero-order valence-electron chi connectivity index (χ0n) is 24.5. The summed E-state index contributed by atoms with van der Waals surface area (Å²) >= 11 is 0. The molecular weight excluding hydrogens is 488 g/mol. The highest BCUT2D eigenvalue weighted by Crippen LogP contribution is 2.65. The molecule has 0 aromatic heterocycles. The minimum absolute atomic E-state index is 0.0670. The molecule has 10 nitrogen and oxygen atoms in total. The third-order valence-corrected chi connectivity index (χ3v) is 7.53. The molecule has 0 spiro atoms. The van der Waals surface area contributed by atoms with Crippen LogP contribution in [0.3, 0.4) is 0 Å². The van der Waals surface area contributed by atoms with Crippen LogP contribution in [0, 0.1) is 22.7 Å². The number of aliphatic hydroxyl groups excluding tert-OH is 1. The molecule has 0 aromatic carbocycles. The van der Waals surface area contributed by atoms with E-state index in [2.05, 4.69) is 36.4 Å². The minimum Gasteiger partial charge on any atom is -0.444 e. The molecule has 4 amide bonds. The highest BCUT2D eigenvalue weighted by atomic mass is 16.6. The summed E-state index contributed by atoms with van der Waals surface area (Å²) < 4.78 is 5.40. The van der Waals surface area contributed by atoms with E-state index in [0.717, 1.165) is 0 Å². The first kappa shape index (κ1) is 31.6. The summed E-state index contributed by atoms with van der Waals surface area (Å²) in [6, 6.07) is -2.51. The molecule has 2 aliphatic rings. The van der Waals surface area contributed by atoms with Crippen molar-refractivity contribution in [2.45, 2.75) is 105 Å². The summed E-state index contributed by atoms with van der Waals surface area (Å²) in [6.07, 6.45) is 0.383. The van der Waals surface area contributed by atoms with Gasteiger partial charge in [-0.2, -0.15) is 0 Å². The van der Waals surface area contributed by atoms with Gasteiger partial charge in [0.2, 0.25) is 11.8 Å². The van der Waals surface area contributed by atoms with E-state index in [0.29, 0.717) is 19.4 Å². The van der Waals surface area contributed by atoms with Crippen molar-refractivity contribution in [3.63, 3.8) is 0 Å². The lowest BCUT2D eigenvalue weighted by Crippen LogP contribution is -2.61. The maximum atomic E-state index is 13.9. The van der Waals surface area contributed by atoms with E-state index in [1.165, 1.54) is 6.08 Å². The number of carbonyl (C=O) groups is 4. The van der Waals surface area contributed by atoms with Gasteiger partial charge in [-0.15, -0.1) is 6.58 Å². The summed E-state index contributed by atoms with van der Waals surface area (Å²) in [7, 11) is 0. The number of amides is 4. The lowest BCUT2D eigenvalue weighted by molar-refractivity contribution is -0.145. The Morgan fingerprint density at radius 2 is 1.74 bits per heavy atom. The van der Waals surface area contributed by atoms with Crippen LogP contribution in [-0.2, 0) is 19.1 Å². The Morgan fingerprint density at radius 3 is 2.24 bits per heavy atom. The Hall–Kier alpha value is -2.62. The van der Waals surface area contributed by atoms with Crippen LogP contribution in [0.25, 0.3) is 0 Å². The molecule has 216 valence electrons. The van der Waals surface area contributed by atoms with Crippen molar-refractivity contribution in [3.8, 4) is 0 Å². The fraction of sp³-hybridized carbons (Fsp3) is 0.786. The van der Waals surface area contributed by atoms with Gasteiger partial charge in [-0.1, -0.05) is 54.0 Å². The molecule has 4 N–H and O–H groups in total. The van der Waals surface area contributed by atoms with Crippen LogP contribution in [0.4, 0.5) is 4.79 Å². The largest absolute Gasteiger partial charge is 0.444 e. The van der Waals surface area contributed by atoms with E-state index in [9.17, 15) is 24.3 Å². The quantitative estimate of drug-likeness (QED) is 0.316. The van der Waals surface area contributed by atoms with Crippen LogP contribution < -0.4 is 16.0 Å². The van der Waals surface area contributed by atoms with Crippen molar-refractivity contribution in [3.05, 3.63) is 12.7 Å². The molecule has 38 heavy (non-hydrogen) atoms. The highest BCUT2D eigenvalue weighted by molar-refractivity contribution is 5.94. The summed E-state index contributed by atoms with van der Waals surface area (Å²) in [5.41, 5.74) is -1.51. The van der Waals surface area contributed by atoms with Gasteiger partial charge in [-0.25, -0.2) is 4.79 Å². The number of nitrogens with one attached hydrogen (secondary N) is 3. The predicted molar refractivity (Wildman–Crippen MR) is 145 cm³/mol. The number of aliphatic hydroxyl groups is 1. The fourth-order valence-corrected chi connectivity index (χ4v) is 5.40. The molecule has 0 radical (unpaired) electrons. The van der Waals surface area contributed by atoms with Crippen molar-refractivity contribution in [2.24, 2.45) is 22.7 Å². The van der Waals surface area contributed by atoms with Crippen molar-refractivity contribution in [2.75, 3.05) is 13.1 Å². The fourth-order valence-electron chi connectivity index (χ4n) is 5.40. The van der Waals surface area contributed by atoms with Crippen LogP contribution in [-0.4, -0.2) is 76.7 Å². The molecule has 2 unspecified atom stereocenters. The number of carbonyl (C=O) groups excluding carboxylic acids is 4. The normalized spacial score (nSPS) is 24.4. The smallest absolute Gasteiger partial charge is 0.408 e.